The Bertz CT molecular complexity index is 1100. The minimum atomic E-state index is -0.243. The summed E-state index contributed by atoms with van der Waals surface area (Å²) < 4.78 is 5.25. The number of rotatable bonds is 3. The normalized spacial score (nSPS) is 15.5. The second kappa shape index (κ2) is 6.98. The molecule has 0 spiro atoms. The van der Waals surface area contributed by atoms with Crippen molar-refractivity contribution in [1.82, 2.24) is 10.3 Å². The molecule has 3 aromatic rings. The Labute approximate surface area is 166 Å². The number of hydrogen-bond acceptors (Lipinski definition) is 4. The van der Waals surface area contributed by atoms with Crippen molar-refractivity contribution in [2.75, 3.05) is 12.0 Å². The molecular weight excluding hydrogens is 382 g/mol. The maximum atomic E-state index is 12.8. The van der Waals surface area contributed by atoms with Crippen LogP contribution < -0.4 is 15.0 Å². The number of ether oxygens (including phenoxy) is 1. The van der Waals surface area contributed by atoms with Crippen molar-refractivity contribution in [3.8, 4) is 5.75 Å². The van der Waals surface area contributed by atoms with E-state index in [0.717, 1.165) is 16.7 Å². The molecule has 2 heterocycles. The average molecular weight is 396 g/mol. The van der Waals surface area contributed by atoms with Gasteiger partial charge in [-0.05, 0) is 54.7 Å². The van der Waals surface area contributed by atoms with E-state index in [1.165, 1.54) is 4.90 Å². The summed E-state index contributed by atoms with van der Waals surface area (Å²) in [7, 11) is 1.60. The molecule has 0 bridgehead atoms. The number of methoxy groups -OCH3 is 1. The highest BCUT2D eigenvalue weighted by molar-refractivity contribution is 7.80. The van der Waals surface area contributed by atoms with Gasteiger partial charge in [0.25, 0.3) is 5.91 Å². The van der Waals surface area contributed by atoms with Crippen molar-refractivity contribution in [2.24, 2.45) is 0 Å². The first-order valence-corrected chi connectivity index (χ1v) is 8.92. The molecule has 1 amide bonds. The molecule has 1 aliphatic rings. The van der Waals surface area contributed by atoms with Gasteiger partial charge < -0.3 is 10.1 Å². The fourth-order valence-corrected chi connectivity index (χ4v) is 3.38. The summed E-state index contributed by atoms with van der Waals surface area (Å²) in [5.41, 5.74) is 2.41. The Morgan fingerprint density at radius 1 is 1.19 bits per heavy atom. The molecule has 0 radical (unpaired) electrons. The van der Waals surface area contributed by atoms with Gasteiger partial charge in [0.2, 0.25) is 0 Å². The molecule has 1 N–H and O–H groups in total. The van der Waals surface area contributed by atoms with Crippen molar-refractivity contribution < 1.29 is 9.53 Å². The molecule has 0 saturated carbocycles. The molecule has 1 aromatic heterocycles. The monoisotopic (exact) mass is 395 g/mol. The third-order valence-electron chi connectivity index (χ3n) is 4.19. The van der Waals surface area contributed by atoms with Crippen LogP contribution in [0.1, 0.15) is 5.56 Å². The number of thiocarbonyl (C=S) groups is 1. The number of fused-ring (bicyclic) bond motifs is 1. The molecular formula is C20H14ClN3O2S. The molecule has 1 aliphatic heterocycles. The predicted octanol–water partition coefficient (Wildman–Crippen LogP) is 4.16. The first-order chi connectivity index (χ1) is 13.1. The fourth-order valence-electron chi connectivity index (χ4n) is 2.88. The summed E-state index contributed by atoms with van der Waals surface area (Å²) in [4.78, 5) is 18.7. The van der Waals surface area contributed by atoms with Crippen LogP contribution in [0.15, 0.2) is 60.3 Å². The Morgan fingerprint density at radius 2 is 1.96 bits per heavy atom. The SMILES string of the molecule is COc1ccc2nc(Cl)c(C=C3NC(=S)N(c4ccccc4)C3=O)cc2c1. The predicted molar refractivity (Wildman–Crippen MR) is 111 cm³/mol. The summed E-state index contributed by atoms with van der Waals surface area (Å²) >= 11 is 11.6. The van der Waals surface area contributed by atoms with Gasteiger partial charge in [0.1, 0.15) is 16.6 Å². The Balaban J connectivity index is 1.74. The number of hydrogen-bond donors (Lipinski definition) is 1. The van der Waals surface area contributed by atoms with Gasteiger partial charge >= 0.3 is 0 Å². The van der Waals surface area contributed by atoms with Crippen molar-refractivity contribution >= 4 is 57.5 Å². The summed E-state index contributed by atoms with van der Waals surface area (Å²) in [6, 6.07) is 16.6. The fraction of sp³-hybridized carbons (Fsp3) is 0.0500. The number of aromatic nitrogens is 1. The lowest BCUT2D eigenvalue weighted by molar-refractivity contribution is -0.113. The summed E-state index contributed by atoms with van der Waals surface area (Å²) in [5.74, 6) is 0.477. The number of nitrogens with one attached hydrogen (secondary N) is 1. The van der Waals surface area contributed by atoms with E-state index in [0.29, 0.717) is 27.2 Å². The zero-order chi connectivity index (χ0) is 19.0. The highest BCUT2D eigenvalue weighted by Gasteiger charge is 2.32. The summed E-state index contributed by atoms with van der Waals surface area (Å²) in [5, 5.41) is 4.44. The number of carbonyl (C=O) groups is 1. The maximum absolute atomic E-state index is 12.8. The standard InChI is InChI=1S/C20H14ClN3O2S/c1-26-15-7-8-16-12(10-15)9-13(18(21)22-16)11-17-19(25)24(20(27)23-17)14-5-3-2-4-6-14/h2-11H,1H3,(H,23,27). The molecule has 134 valence electrons. The number of benzene rings is 2. The number of halogens is 1. The third kappa shape index (κ3) is 3.25. The third-order valence-corrected chi connectivity index (χ3v) is 4.78. The van der Waals surface area contributed by atoms with E-state index in [-0.39, 0.29) is 5.91 Å². The van der Waals surface area contributed by atoms with Gasteiger partial charge in [0.15, 0.2) is 5.11 Å². The van der Waals surface area contributed by atoms with Gasteiger partial charge in [-0.1, -0.05) is 29.8 Å². The van der Waals surface area contributed by atoms with E-state index in [2.05, 4.69) is 10.3 Å². The largest absolute Gasteiger partial charge is 0.497 e. The van der Waals surface area contributed by atoms with Crippen LogP contribution in [-0.4, -0.2) is 23.1 Å². The Kier molecular flexibility index (Phi) is 4.51. The van der Waals surface area contributed by atoms with Crippen LogP contribution in [0.5, 0.6) is 5.75 Å². The second-order valence-electron chi connectivity index (χ2n) is 5.89. The van der Waals surface area contributed by atoms with E-state index in [1.54, 1.807) is 13.2 Å². The highest BCUT2D eigenvalue weighted by atomic mass is 35.5. The molecule has 0 aliphatic carbocycles. The van der Waals surface area contributed by atoms with Crippen LogP contribution in [0.2, 0.25) is 5.15 Å². The lowest BCUT2D eigenvalue weighted by Gasteiger charge is -2.13. The topological polar surface area (TPSA) is 54.5 Å². The smallest absolute Gasteiger partial charge is 0.281 e. The highest BCUT2D eigenvalue weighted by Crippen LogP contribution is 2.27. The average Bonchev–Trinajstić information content (AvgIpc) is 2.96. The maximum Gasteiger partial charge on any atom is 0.281 e. The van der Waals surface area contributed by atoms with E-state index >= 15 is 0 Å². The van der Waals surface area contributed by atoms with Gasteiger partial charge in [0, 0.05) is 10.9 Å². The summed E-state index contributed by atoms with van der Waals surface area (Å²) in [6.45, 7) is 0. The molecule has 5 nitrogen and oxygen atoms in total. The molecule has 0 atom stereocenters. The zero-order valence-electron chi connectivity index (χ0n) is 14.3. The Morgan fingerprint density at radius 3 is 2.70 bits per heavy atom. The number of nitrogens with zero attached hydrogens (tertiary/aromatic N) is 2. The van der Waals surface area contributed by atoms with E-state index in [9.17, 15) is 4.79 Å². The Hall–Kier alpha value is -2.96. The number of para-hydroxylation sites is 1. The molecule has 27 heavy (non-hydrogen) atoms. The lowest BCUT2D eigenvalue weighted by Crippen LogP contribution is -2.30. The van der Waals surface area contributed by atoms with Crippen LogP contribution in [0, 0.1) is 0 Å². The van der Waals surface area contributed by atoms with Crippen molar-refractivity contribution in [3.63, 3.8) is 0 Å². The molecule has 4 rings (SSSR count). The second-order valence-corrected chi connectivity index (χ2v) is 6.64. The first kappa shape index (κ1) is 17.5. The van der Waals surface area contributed by atoms with Gasteiger partial charge in [-0.3, -0.25) is 9.69 Å². The van der Waals surface area contributed by atoms with E-state index in [1.807, 2.05) is 54.6 Å². The van der Waals surface area contributed by atoms with E-state index in [4.69, 9.17) is 28.6 Å². The van der Waals surface area contributed by atoms with Gasteiger partial charge in [-0.15, -0.1) is 0 Å². The molecule has 7 heteroatoms. The molecule has 0 unspecified atom stereocenters. The van der Waals surface area contributed by atoms with Crippen LogP contribution in [0.25, 0.3) is 17.0 Å². The van der Waals surface area contributed by atoms with Crippen LogP contribution in [0.3, 0.4) is 0 Å². The molecule has 2 aromatic carbocycles. The molecule has 1 fully saturated rings. The number of pyridine rings is 1. The van der Waals surface area contributed by atoms with Gasteiger partial charge in [-0.2, -0.15) is 0 Å². The quantitative estimate of drug-likeness (QED) is 0.410. The van der Waals surface area contributed by atoms with Crippen LogP contribution in [-0.2, 0) is 4.79 Å². The van der Waals surface area contributed by atoms with E-state index < -0.39 is 0 Å². The first-order valence-electron chi connectivity index (χ1n) is 8.13. The number of anilines is 1. The van der Waals surface area contributed by atoms with Gasteiger partial charge in [0.05, 0.1) is 18.3 Å². The minimum absolute atomic E-state index is 0.243. The minimum Gasteiger partial charge on any atom is -0.497 e. The van der Waals surface area contributed by atoms with Crippen LogP contribution in [0.4, 0.5) is 5.69 Å². The van der Waals surface area contributed by atoms with Crippen molar-refractivity contribution in [2.45, 2.75) is 0 Å². The van der Waals surface area contributed by atoms with Gasteiger partial charge in [-0.25, -0.2) is 4.98 Å². The number of carbonyl (C=O) groups excluding carboxylic acids is 1. The lowest BCUT2D eigenvalue weighted by atomic mass is 10.1. The van der Waals surface area contributed by atoms with Crippen molar-refractivity contribution in [1.29, 1.82) is 0 Å². The van der Waals surface area contributed by atoms with Crippen LogP contribution >= 0.6 is 23.8 Å². The molecule has 1 saturated heterocycles. The van der Waals surface area contributed by atoms with Crippen molar-refractivity contribution in [3.05, 3.63) is 71.0 Å². The summed E-state index contributed by atoms with van der Waals surface area (Å²) in [6.07, 6.45) is 1.66. The zero-order valence-corrected chi connectivity index (χ0v) is 15.8. The number of amides is 1.